The van der Waals surface area contributed by atoms with Gasteiger partial charge in [0.25, 0.3) is 11.8 Å². The SMILES string of the molecule is C[C@@]1(O)[C@H](O)[C@@H](CO)O[C@H]1n1nnc(C(N)=O)c1C(N)=O. The fourth-order valence-electron chi connectivity index (χ4n) is 2.20. The van der Waals surface area contributed by atoms with E-state index in [0.29, 0.717) is 0 Å². The molecule has 4 atom stereocenters. The van der Waals surface area contributed by atoms with E-state index in [-0.39, 0.29) is 0 Å². The Morgan fingerprint density at radius 1 is 1.43 bits per heavy atom. The summed E-state index contributed by atoms with van der Waals surface area (Å²) in [5.74, 6) is -2.10. The normalized spacial score (nSPS) is 32.3. The van der Waals surface area contributed by atoms with E-state index in [9.17, 15) is 19.8 Å². The first-order chi connectivity index (χ1) is 9.71. The van der Waals surface area contributed by atoms with Gasteiger partial charge in [0.1, 0.15) is 17.8 Å². The van der Waals surface area contributed by atoms with Crippen molar-refractivity contribution in [1.29, 1.82) is 0 Å². The molecule has 11 nitrogen and oxygen atoms in total. The molecule has 2 heterocycles. The average molecular weight is 301 g/mol. The Morgan fingerprint density at radius 2 is 2.05 bits per heavy atom. The molecule has 0 bridgehead atoms. The number of hydrogen-bond acceptors (Lipinski definition) is 8. The zero-order valence-corrected chi connectivity index (χ0v) is 11.0. The molecule has 1 aliphatic rings. The summed E-state index contributed by atoms with van der Waals surface area (Å²) in [5.41, 5.74) is 7.37. The monoisotopic (exact) mass is 301 g/mol. The van der Waals surface area contributed by atoms with Crippen LogP contribution in [0.2, 0.25) is 0 Å². The topological polar surface area (TPSA) is 187 Å². The van der Waals surface area contributed by atoms with E-state index in [0.717, 1.165) is 4.68 Å². The molecule has 1 saturated heterocycles. The van der Waals surface area contributed by atoms with Crippen LogP contribution in [0.15, 0.2) is 0 Å². The van der Waals surface area contributed by atoms with Crippen LogP contribution >= 0.6 is 0 Å². The van der Waals surface area contributed by atoms with Crippen molar-refractivity contribution in [3.63, 3.8) is 0 Å². The molecule has 0 aromatic carbocycles. The highest BCUT2D eigenvalue weighted by Crippen LogP contribution is 2.38. The highest BCUT2D eigenvalue weighted by atomic mass is 16.6. The molecule has 0 spiro atoms. The molecule has 116 valence electrons. The molecule has 7 N–H and O–H groups in total. The molecule has 2 rings (SSSR count). The fourth-order valence-corrected chi connectivity index (χ4v) is 2.20. The van der Waals surface area contributed by atoms with Crippen LogP contribution in [-0.2, 0) is 4.74 Å². The quantitative estimate of drug-likeness (QED) is 0.378. The Morgan fingerprint density at radius 3 is 2.48 bits per heavy atom. The first-order valence-corrected chi connectivity index (χ1v) is 5.93. The molecule has 11 heteroatoms. The maximum atomic E-state index is 11.5. The summed E-state index contributed by atoms with van der Waals surface area (Å²) in [6.07, 6.45) is -3.94. The van der Waals surface area contributed by atoms with Crippen LogP contribution < -0.4 is 11.5 Å². The molecular formula is C10H15N5O6. The summed E-state index contributed by atoms with van der Waals surface area (Å²) >= 11 is 0. The molecule has 1 fully saturated rings. The first kappa shape index (κ1) is 15.3. The first-order valence-electron chi connectivity index (χ1n) is 5.93. The van der Waals surface area contributed by atoms with Crippen LogP contribution in [0.3, 0.4) is 0 Å². The second kappa shape index (κ2) is 5.04. The molecule has 1 aromatic heterocycles. The highest BCUT2D eigenvalue weighted by molar-refractivity contribution is 6.03. The standard InChI is InChI=1S/C10H15N5O6/c1-10(20)6(17)3(2-16)21-9(10)15-5(8(12)19)4(7(11)18)13-14-15/h3,6,9,16-17,20H,2H2,1H3,(H2,11,18)(H2,12,19)/t3-,6-,9-,10-/m1/s1. The summed E-state index contributed by atoms with van der Waals surface area (Å²) in [6.45, 7) is 0.644. The van der Waals surface area contributed by atoms with Crippen molar-refractivity contribution < 1.29 is 29.6 Å². The van der Waals surface area contributed by atoms with E-state index in [2.05, 4.69) is 10.3 Å². The fraction of sp³-hybridized carbons (Fsp3) is 0.600. The second-order valence-corrected chi connectivity index (χ2v) is 4.84. The van der Waals surface area contributed by atoms with Gasteiger partial charge in [0, 0.05) is 0 Å². The molecule has 0 radical (unpaired) electrons. The molecule has 2 amide bonds. The maximum absolute atomic E-state index is 11.5. The van der Waals surface area contributed by atoms with Gasteiger partial charge in [0.15, 0.2) is 17.6 Å². The van der Waals surface area contributed by atoms with E-state index in [1.807, 2.05) is 0 Å². The number of nitrogens with zero attached hydrogens (tertiary/aromatic N) is 3. The number of nitrogens with two attached hydrogens (primary N) is 2. The summed E-state index contributed by atoms with van der Waals surface area (Å²) in [6, 6.07) is 0. The van der Waals surface area contributed by atoms with E-state index < -0.39 is 53.8 Å². The van der Waals surface area contributed by atoms with Gasteiger partial charge in [-0.1, -0.05) is 5.21 Å². The summed E-state index contributed by atoms with van der Waals surface area (Å²) < 4.78 is 6.02. The lowest BCUT2D eigenvalue weighted by molar-refractivity contribution is -0.103. The lowest BCUT2D eigenvalue weighted by Crippen LogP contribution is -2.45. The lowest BCUT2D eigenvalue weighted by Gasteiger charge is -2.26. The minimum absolute atomic E-state index is 0.460. The second-order valence-electron chi connectivity index (χ2n) is 4.84. The number of primary amides is 2. The average Bonchev–Trinajstić information content (AvgIpc) is 2.91. The molecule has 0 aliphatic carbocycles. The van der Waals surface area contributed by atoms with Gasteiger partial charge in [-0.25, -0.2) is 4.68 Å². The van der Waals surface area contributed by atoms with Gasteiger partial charge in [-0.05, 0) is 6.92 Å². The van der Waals surface area contributed by atoms with Gasteiger partial charge in [0.05, 0.1) is 6.61 Å². The zero-order valence-electron chi connectivity index (χ0n) is 11.0. The third-order valence-electron chi connectivity index (χ3n) is 3.32. The highest BCUT2D eigenvalue weighted by Gasteiger charge is 2.54. The number of carbonyl (C=O) groups is 2. The van der Waals surface area contributed by atoms with Crippen LogP contribution in [0.25, 0.3) is 0 Å². The Balaban J connectivity index is 2.52. The van der Waals surface area contributed by atoms with Crippen LogP contribution in [0, 0.1) is 0 Å². The number of aromatic nitrogens is 3. The number of amides is 2. The smallest absolute Gasteiger partial charge is 0.271 e. The van der Waals surface area contributed by atoms with Gasteiger partial charge in [0.2, 0.25) is 0 Å². The number of rotatable bonds is 4. The van der Waals surface area contributed by atoms with Crippen LogP contribution in [0.1, 0.15) is 34.1 Å². The number of aliphatic hydroxyl groups excluding tert-OH is 2. The number of ether oxygens (including phenoxy) is 1. The Kier molecular flexibility index (Phi) is 3.67. The summed E-state index contributed by atoms with van der Waals surface area (Å²) in [7, 11) is 0. The van der Waals surface area contributed by atoms with Crippen molar-refractivity contribution >= 4 is 11.8 Å². The van der Waals surface area contributed by atoms with Crippen molar-refractivity contribution in [3.05, 3.63) is 11.4 Å². The minimum Gasteiger partial charge on any atom is -0.394 e. The molecular weight excluding hydrogens is 286 g/mol. The van der Waals surface area contributed by atoms with E-state index >= 15 is 0 Å². The van der Waals surface area contributed by atoms with Crippen molar-refractivity contribution in [3.8, 4) is 0 Å². The van der Waals surface area contributed by atoms with Crippen molar-refractivity contribution in [2.24, 2.45) is 11.5 Å². The van der Waals surface area contributed by atoms with Crippen LogP contribution in [-0.4, -0.2) is 66.5 Å². The molecule has 1 aromatic rings. The van der Waals surface area contributed by atoms with Gasteiger partial charge < -0.3 is 31.5 Å². The Hall–Kier alpha value is -2.08. The van der Waals surface area contributed by atoms with Crippen molar-refractivity contribution in [2.45, 2.75) is 31.0 Å². The minimum atomic E-state index is -1.90. The number of carbonyl (C=O) groups excluding carboxylic acids is 2. The molecule has 0 unspecified atom stereocenters. The van der Waals surface area contributed by atoms with E-state index in [1.165, 1.54) is 6.92 Å². The maximum Gasteiger partial charge on any atom is 0.271 e. The lowest BCUT2D eigenvalue weighted by atomic mass is 9.96. The largest absolute Gasteiger partial charge is 0.394 e. The summed E-state index contributed by atoms with van der Waals surface area (Å²) in [4.78, 5) is 22.7. The zero-order chi connectivity index (χ0) is 15.9. The third-order valence-corrected chi connectivity index (χ3v) is 3.32. The molecule has 21 heavy (non-hydrogen) atoms. The molecule has 0 saturated carbocycles. The van der Waals surface area contributed by atoms with E-state index in [4.69, 9.17) is 21.3 Å². The van der Waals surface area contributed by atoms with Gasteiger partial charge in [-0.3, -0.25) is 9.59 Å². The van der Waals surface area contributed by atoms with Crippen LogP contribution in [0.4, 0.5) is 0 Å². The predicted octanol–water partition coefficient (Wildman–Crippen LogP) is -3.52. The van der Waals surface area contributed by atoms with Gasteiger partial charge >= 0.3 is 0 Å². The van der Waals surface area contributed by atoms with Gasteiger partial charge in [-0.2, -0.15) is 0 Å². The Labute approximate surface area is 118 Å². The van der Waals surface area contributed by atoms with Crippen molar-refractivity contribution in [2.75, 3.05) is 6.61 Å². The Bertz CT molecular complexity index is 584. The number of aliphatic hydroxyl groups is 3. The third kappa shape index (κ3) is 2.25. The van der Waals surface area contributed by atoms with E-state index in [1.54, 1.807) is 0 Å². The van der Waals surface area contributed by atoms with Crippen molar-refractivity contribution in [1.82, 2.24) is 15.0 Å². The van der Waals surface area contributed by atoms with Gasteiger partial charge in [-0.15, -0.1) is 5.10 Å². The predicted molar refractivity (Wildman–Crippen MR) is 64.7 cm³/mol. The van der Waals surface area contributed by atoms with Crippen LogP contribution in [0.5, 0.6) is 0 Å². The molecule has 1 aliphatic heterocycles. The number of hydrogen-bond donors (Lipinski definition) is 5. The summed E-state index contributed by atoms with van der Waals surface area (Å²) in [5, 5.41) is 36.2.